The summed E-state index contributed by atoms with van der Waals surface area (Å²) in [5.41, 5.74) is 1.15. The first-order chi connectivity index (χ1) is 11.5. The Hall–Kier alpha value is -2.87. The summed E-state index contributed by atoms with van der Waals surface area (Å²) in [4.78, 5) is 0. The van der Waals surface area contributed by atoms with Crippen molar-refractivity contribution in [3.05, 3.63) is 66.2 Å². The Morgan fingerprint density at radius 1 is 1.08 bits per heavy atom. The molecule has 2 aromatic rings. The van der Waals surface area contributed by atoms with Gasteiger partial charge in [-0.3, -0.25) is 0 Å². The molecule has 1 heterocycles. The summed E-state index contributed by atoms with van der Waals surface area (Å²) in [5, 5.41) is 19.4. The second-order valence-electron chi connectivity index (χ2n) is 5.15. The van der Waals surface area contributed by atoms with Gasteiger partial charge in [-0.25, -0.2) is 9.03 Å². The molecular weight excluding hydrogens is 332 g/mol. The minimum atomic E-state index is -3.94. The van der Waals surface area contributed by atoms with Gasteiger partial charge in [-0.1, -0.05) is 30.3 Å². The van der Waals surface area contributed by atoms with Crippen molar-refractivity contribution < 1.29 is 23.4 Å². The maximum absolute atomic E-state index is 11.8. The first-order valence-electron chi connectivity index (χ1n) is 7.18. The van der Waals surface area contributed by atoms with Gasteiger partial charge >= 0.3 is 10.2 Å². The monoisotopic (exact) mass is 348 g/mol. The standard InChI is InChI=1S/C16H16N2O5S/c19-15-10-13(23-9-8-12-4-2-1-3-5-12)6-7-14(15)18-11-16(20)17-24(18,21)22/h1-7,10-11,17,19-20H,8-9H2. The minimum absolute atomic E-state index is 0.0157. The van der Waals surface area contributed by atoms with Gasteiger partial charge in [-0.05, 0) is 17.7 Å². The van der Waals surface area contributed by atoms with Crippen LogP contribution in [0.1, 0.15) is 5.56 Å². The summed E-state index contributed by atoms with van der Waals surface area (Å²) in [6.07, 6.45) is 1.69. The van der Waals surface area contributed by atoms with Crippen LogP contribution in [0.25, 0.3) is 0 Å². The van der Waals surface area contributed by atoms with Crippen LogP contribution in [0.2, 0.25) is 0 Å². The number of hydrogen-bond donors (Lipinski definition) is 3. The number of benzene rings is 2. The van der Waals surface area contributed by atoms with Crippen molar-refractivity contribution >= 4 is 15.9 Å². The first-order valence-corrected chi connectivity index (χ1v) is 8.62. The molecule has 8 heteroatoms. The van der Waals surface area contributed by atoms with Crippen LogP contribution >= 0.6 is 0 Å². The van der Waals surface area contributed by atoms with E-state index in [4.69, 9.17) is 4.74 Å². The first kappa shape index (κ1) is 16.0. The molecule has 1 aliphatic heterocycles. The molecule has 0 saturated heterocycles. The molecule has 0 fully saturated rings. The molecule has 0 aromatic heterocycles. The van der Waals surface area contributed by atoms with Gasteiger partial charge in [0.1, 0.15) is 17.2 Å². The Bertz CT molecular complexity index is 865. The largest absolute Gasteiger partial charge is 0.506 e. The quantitative estimate of drug-likeness (QED) is 0.768. The zero-order valence-electron chi connectivity index (χ0n) is 12.6. The second-order valence-corrected chi connectivity index (χ2v) is 6.70. The number of aliphatic hydroxyl groups excluding tert-OH is 1. The van der Waals surface area contributed by atoms with Crippen molar-refractivity contribution in [3.63, 3.8) is 0 Å². The molecule has 2 aromatic carbocycles. The van der Waals surface area contributed by atoms with E-state index in [1.54, 1.807) is 6.07 Å². The summed E-state index contributed by atoms with van der Waals surface area (Å²) in [6, 6.07) is 14.1. The van der Waals surface area contributed by atoms with Gasteiger partial charge in [0.25, 0.3) is 0 Å². The molecule has 0 amide bonds. The van der Waals surface area contributed by atoms with Crippen LogP contribution in [0, 0.1) is 0 Å². The van der Waals surface area contributed by atoms with Crippen LogP contribution < -0.4 is 13.8 Å². The SMILES string of the molecule is O=S1(=O)NC(O)=CN1c1ccc(OCCc2ccccc2)cc1O. The average molecular weight is 348 g/mol. The van der Waals surface area contributed by atoms with Crippen molar-refractivity contribution in [3.8, 4) is 11.5 Å². The molecule has 126 valence electrons. The number of nitrogens with one attached hydrogen (secondary N) is 1. The van der Waals surface area contributed by atoms with E-state index in [1.807, 2.05) is 35.1 Å². The van der Waals surface area contributed by atoms with E-state index in [0.29, 0.717) is 18.8 Å². The van der Waals surface area contributed by atoms with E-state index in [0.717, 1.165) is 16.1 Å². The van der Waals surface area contributed by atoms with E-state index in [9.17, 15) is 18.6 Å². The lowest BCUT2D eigenvalue weighted by Crippen LogP contribution is -2.29. The zero-order valence-corrected chi connectivity index (χ0v) is 13.4. The van der Waals surface area contributed by atoms with Crippen molar-refractivity contribution in [2.75, 3.05) is 10.9 Å². The minimum Gasteiger partial charge on any atom is -0.506 e. The number of aliphatic hydroxyl groups is 1. The summed E-state index contributed by atoms with van der Waals surface area (Å²) in [5.74, 6) is -0.369. The Labute approximate surface area is 139 Å². The number of phenols is 1. The van der Waals surface area contributed by atoms with Crippen molar-refractivity contribution in [1.29, 1.82) is 0 Å². The summed E-state index contributed by atoms with van der Waals surface area (Å²) in [6.45, 7) is 0.424. The molecule has 0 atom stereocenters. The molecule has 0 bridgehead atoms. The number of aromatic hydroxyl groups is 1. The number of phenolic OH excluding ortho intramolecular Hbond substituents is 1. The molecule has 24 heavy (non-hydrogen) atoms. The van der Waals surface area contributed by atoms with Crippen LogP contribution in [-0.2, 0) is 16.6 Å². The average Bonchev–Trinajstić information content (AvgIpc) is 2.81. The molecule has 0 aliphatic carbocycles. The van der Waals surface area contributed by atoms with Crippen LogP contribution in [-0.4, -0.2) is 25.2 Å². The summed E-state index contributed by atoms with van der Waals surface area (Å²) >= 11 is 0. The Morgan fingerprint density at radius 2 is 1.83 bits per heavy atom. The highest BCUT2D eigenvalue weighted by molar-refractivity contribution is 7.91. The van der Waals surface area contributed by atoms with E-state index in [2.05, 4.69) is 0 Å². The highest BCUT2D eigenvalue weighted by Gasteiger charge is 2.30. The summed E-state index contributed by atoms with van der Waals surface area (Å²) in [7, 11) is -3.94. The third-order valence-corrected chi connectivity index (χ3v) is 4.71. The second kappa shape index (κ2) is 6.32. The number of nitrogens with zero attached hydrogens (tertiary/aromatic N) is 1. The molecule has 3 rings (SSSR count). The molecule has 0 unspecified atom stereocenters. The fraction of sp³-hybridized carbons (Fsp3) is 0.125. The van der Waals surface area contributed by atoms with Gasteiger partial charge < -0.3 is 14.9 Å². The molecule has 0 saturated carbocycles. The zero-order chi connectivity index (χ0) is 17.2. The predicted molar refractivity (Wildman–Crippen MR) is 89.0 cm³/mol. The number of anilines is 1. The molecular formula is C16H16N2O5S. The molecule has 3 N–H and O–H groups in total. The van der Waals surface area contributed by atoms with Crippen molar-refractivity contribution in [2.24, 2.45) is 0 Å². The molecule has 1 aliphatic rings. The third-order valence-electron chi connectivity index (χ3n) is 3.42. The van der Waals surface area contributed by atoms with Gasteiger partial charge in [-0.15, -0.1) is 0 Å². The topological polar surface area (TPSA) is 99.1 Å². The van der Waals surface area contributed by atoms with Crippen LogP contribution in [0.3, 0.4) is 0 Å². The number of ether oxygens (including phenoxy) is 1. The maximum Gasteiger partial charge on any atom is 0.330 e. The van der Waals surface area contributed by atoms with Crippen LogP contribution in [0.5, 0.6) is 11.5 Å². The lowest BCUT2D eigenvalue weighted by molar-refractivity contribution is 0.320. The normalized spacial score (nSPS) is 15.7. The smallest absolute Gasteiger partial charge is 0.330 e. The Morgan fingerprint density at radius 3 is 2.46 bits per heavy atom. The number of rotatable bonds is 5. The van der Waals surface area contributed by atoms with E-state index in [-0.39, 0.29) is 11.4 Å². The fourth-order valence-electron chi connectivity index (χ4n) is 2.30. The van der Waals surface area contributed by atoms with E-state index >= 15 is 0 Å². The Kier molecular flexibility index (Phi) is 4.22. The van der Waals surface area contributed by atoms with Crippen LogP contribution in [0.15, 0.2) is 60.6 Å². The van der Waals surface area contributed by atoms with Crippen molar-refractivity contribution in [2.45, 2.75) is 6.42 Å². The third kappa shape index (κ3) is 3.38. The van der Waals surface area contributed by atoms with Crippen molar-refractivity contribution in [1.82, 2.24) is 4.72 Å². The molecule has 7 nitrogen and oxygen atoms in total. The van der Waals surface area contributed by atoms with Crippen LogP contribution in [0.4, 0.5) is 5.69 Å². The molecule has 0 spiro atoms. The van der Waals surface area contributed by atoms with E-state index < -0.39 is 16.1 Å². The van der Waals surface area contributed by atoms with Gasteiger partial charge in [0.05, 0.1) is 12.8 Å². The van der Waals surface area contributed by atoms with Gasteiger partial charge in [-0.2, -0.15) is 8.42 Å². The van der Waals surface area contributed by atoms with Gasteiger partial charge in [0.2, 0.25) is 5.88 Å². The number of hydrogen-bond acceptors (Lipinski definition) is 5. The lowest BCUT2D eigenvalue weighted by atomic mass is 10.2. The molecule has 0 radical (unpaired) electrons. The predicted octanol–water partition coefficient (Wildman–Crippen LogP) is 2.02. The van der Waals surface area contributed by atoms with Gasteiger partial charge in [0, 0.05) is 12.5 Å². The highest BCUT2D eigenvalue weighted by atomic mass is 32.2. The Balaban J connectivity index is 1.69. The van der Waals surface area contributed by atoms with Gasteiger partial charge in [0.15, 0.2) is 0 Å². The fourth-order valence-corrected chi connectivity index (χ4v) is 3.37. The maximum atomic E-state index is 11.8. The lowest BCUT2D eigenvalue weighted by Gasteiger charge is -2.16. The van der Waals surface area contributed by atoms with E-state index in [1.165, 1.54) is 12.1 Å². The summed E-state index contributed by atoms with van der Waals surface area (Å²) < 4.78 is 31.8. The highest BCUT2D eigenvalue weighted by Crippen LogP contribution is 2.34.